The lowest BCUT2D eigenvalue weighted by molar-refractivity contribution is 0.0696. The summed E-state index contributed by atoms with van der Waals surface area (Å²) in [5.41, 5.74) is 8.85. The van der Waals surface area contributed by atoms with Gasteiger partial charge in [-0.1, -0.05) is 19.9 Å². The molecule has 0 atom stereocenters. The Morgan fingerprint density at radius 2 is 1.83 bits per heavy atom. The first-order chi connectivity index (χ1) is 16.6. The van der Waals surface area contributed by atoms with Gasteiger partial charge in [0.1, 0.15) is 11.6 Å². The van der Waals surface area contributed by atoms with Gasteiger partial charge in [-0.25, -0.2) is 13.6 Å². The fourth-order valence-corrected chi connectivity index (χ4v) is 4.54. The molecule has 1 aromatic heterocycles. The van der Waals surface area contributed by atoms with E-state index in [4.69, 9.17) is 15.9 Å². The van der Waals surface area contributed by atoms with E-state index >= 15 is 4.39 Å². The van der Waals surface area contributed by atoms with Gasteiger partial charge in [0.2, 0.25) is 0 Å². The fourth-order valence-electron chi connectivity index (χ4n) is 4.54. The lowest BCUT2D eigenvalue weighted by atomic mass is 9.84. The molecule has 0 saturated carbocycles. The second kappa shape index (κ2) is 8.96. The second-order valence-electron chi connectivity index (χ2n) is 8.99. The molecule has 0 aliphatic rings. The van der Waals surface area contributed by atoms with Gasteiger partial charge in [0.15, 0.2) is 0 Å². The van der Waals surface area contributed by atoms with Crippen LogP contribution in [-0.4, -0.2) is 35.6 Å². The third-order valence-electron chi connectivity index (χ3n) is 6.04. The van der Waals surface area contributed by atoms with Crippen molar-refractivity contribution in [1.29, 1.82) is 5.41 Å². The molecule has 1 heterocycles. The minimum absolute atomic E-state index is 0.170. The van der Waals surface area contributed by atoms with Gasteiger partial charge >= 0.3 is 5.97 Å². The summed E-state index contributed by atoms with van der Waals surface area (Å²) >= 11 is 0. The monoisotopic (exact) mass is 477 g/mol. The third kappa shape index (κ3) is 4.17. The number of aromatic carboxylic acids is 1. The Morgan fingerprint density at radius 1 is 1.14 bits per heavy atom. The maximum Gasteiger partial charge on any atom is 0.335 e. The molecule has 0 spiro atoms. The molecule has 8 heteroatoms. The second-order valence-corrected chi connectivity index (χ2v) is 8.99. The Balaban J connectivity index is 2.22. The summed E-state index contributed by atoms with van der Waals surface area (Å²) in [7, 11) is 1.57. The minimum atomic E-state index is -1.23. The highest BCUT2D eigenvalue weighted by molar-refractivity contribution is 6.05. The van der Waals surface area contributed by atoms with Crippen LogP contribution in [-0.2, 0) is 10.2 Å². The van der Waals surface area contributed by atoms with Crippen LogP contribution in [0.5, 0.6) is 0 Å². The van der Waals surface area contributed by atoms with E-state index in [0.29, 0.717) is 39.1 Å². The topological polar surface area (TPSA) is 101 Å². The van der Waals surface area contributed by atoms with Crippen molar-refractivity contribution in [2.24, 2.45) is 0 Å². The first-order valence-electron chi connectivity index (χ1n) is 10.9. The summed E-state index contributed by atoms with van der Waals surface area (Å²) in [4.78, 5) is 11.4. The number of benzene rings is 3. The number of nitrogens with two attached hydrogens (primary N) is 1. The zero-order valence-electron chi connectivity index (χ0n) is 19.5. The lowest BCUT2D eigenvalue weighted by Gasteiger charge is -2.28. The average Bonchev–Trinajstić information content (AvgIpc) is 3.13. The van der Waals surface area contributed by atoms with Gasteiger partial charge in [-0.3, -0.25) is 0 Å². The number of ether oxygens (including phenoxy) is 1. The molecule has 35 heavy (non-hydrogen) atoms. The number of carboxylic acids is 1. The van der Waals surface area contributed by atoms with E-state index in [-0.39, 0.29) is 17.7 Å². The van der Waals surface area contributed by atoms with Gasteiger partial charge in [-0.05, 0) is 48.5 Å². The van der Waals surface area contributed by atoms with E-state index in [2.05, 4.69) is 0 Å². The molecule has 0 saturated heterocycles. The number of carbonyl (C=O) groups is 1. The molecule has 4 N–H and O–H groups in total. The summed E-state index contributed by atoms with van der Waals surface area (Å²) in [5.74, 6) is -2.33. The number of fused-ring (bicyclic) bond motifs is 1. The largest absolute Gasteiger partial charge is 0.478 e. The van der Waals surface area contributed by atoms with Gasteiger partial charge in [0.05, 0.1) is 17.7 Å². The Hall–Kier alpha value is -4.04. The zero-order chi connectivity index (χ0) is 25.5. The number of nitrogen functional groups attached to an aromatic ring is 1. The predicted octanol–water partition coefficient (Wildman–Crippen LogP) is 5.78. The number of carboxylic acid groups (broad SMARTS) is 1. The van der Waals surface area contributed by atoms with Gasteiger partial charge in [-0.2, -0.15) is 0 Å². The van der Waals surface area contributed by atoms with E-state index in [0.717, 1.165) is 12.3 Å². The smallest absolute Gasteiger partial charge is 0.335 e. The van der Waals surface area contributed by atoms with Crippen molar-refractivity contribution in [1.82, 2.24) is 4.57 Å². The number of hydrogen-bond acceptors (Lipinski definition) is 4. The number of methoxy groups -OCH3 is 1. The van der Waals surface area contributed by atoms with Gasteiger partial charge < -0.3 is 25.6 Å². The van der Waals surface area contributed by atoms with Crippen molar-refractivity contribution < 1.29 is 23.4 Å². The molecule has 0 radical (unpaired) electrons. The molecule has 0 aliphatic carbocycles. The van der Waals surface area contributed by atoms with E-state index in [1.807, 2.05) is 18.4 Å². The van der Waals surface area contributed by atoms with E-state index < -0.39 is 23.0 Å². The van der Waals surface area contributed by atoms with Crippen molar-refractivity contribution >= 4 is 28.8 Å². The number of nitrogens with one attached hydrogen (secondary N) is 1. The minimum Gasteiger partial charge on any atom is -0.478 e. The van der Waals surface area contributed by atoms with Crippen molar-refractivity contribution in [3.8, 4) is 16.8 Å². The maximum absolute atomic E-state index is 15.5. The third-order valence-corrected chi connectivity index (χ3v) is 6.04. The molecule has 0 bridgehead atoms. The highest BCUT2D eigenvalue weighted by atomic mass is 19.1. The number of anilines is 1. The Kier molecular flexibility index (Phi) is 6.17. The Labute approximate surface area is 201 Å². The summed E-state index contributed by atoms with van der Waals surface area (Å²) in [6, 6.07) is 13.1. The van der Waals surface area contributed by atoms with Crippen molar-refractivity contribution in [3.63, 3.8) is 0 Å². The zero-order valence-corrected chi connectivity index (χ0v) is 19.5. The van der Waals surface area contributed by atoms with E-state index in [9.17, 15) is 14.3 Å². The van der Waals surface area contributed by atoms with Gasteiger partial charge in [-0.15, -0.1) is 0 Å². The summed E-state index contributed by atoms with van der Waals surface area (Å²) in [6.07, 6.45) is 1.14. The van der Waals surface area contributed by atoms with Crippen LogP contribution in [0, 0.1) is 17.0 Å². The van der Waals surface area contributed by atoms with Crippen molar-refractivity contribution in [2.75, 3.05) is 19.5 Å². The molecule has 3 aromatic carbocycles. The quantitative estimate of drug-likeness (QED) is 0.232. The normalized spacial score (nSPS) is 11.7. The number of rotatable bonds is 7. The molecule has 0 aliphatic heterocycles. The highest BCUT2D eigenvalue weighted by Gasteiger charge is 2.33. The molecular formula is C27H25F2N3O3. The van der Waals surface area contributed by atoms with Crippen molar-refractivity contribution in [3.05, 3.63) is 83.1 Å². The SMILES string of the molecule is COCC(C)(C)c1c(-c2ccc(C(=O)O)cc2F)c2cc(N)c(C=N)cc2n1-c1ccc(F)cc1. The van der Waals surface area contributed by atoms with Gasteiger partial charge in [0, 0.05) is 57.9 Å². The molecule has 4 aromatic rings. The predicted molar refractivity (Wildman–Crippen MR) is 133 cm³/mol. The van der Waals surface area contributed by atoms with Crippen LogP contribution < -0.4 is 5.73 Å². The van der Waals surface area contributed by atoms with Crippen LogP contribution in [0.15, 0.2) is 54.6 Å². The van der Waals surface area contributed by atoms with Crippen LogP contribution in [0.1, 0.15) is 35.5 Å². The summed E-state index contributed by atoms with van der Waals surface area (Å²) in [5, 5.41) is 17.7. The molecule has 6 nitrogen and oxygen atoms in total. The highest BCUT2D eigenvalue weighted by Crippen LogP contribution is 2.45. The summed E-state index contributed by atoms with van der Waals surface area (Å²) in [6.45, 7) is 4.16. The molecule has 0 amide bonds. The maximum atomic E-state index is 15.5. The van der Waals surface area contributed by atoms with Crippen LogP contribution >= 0.6 is 0 Å². The Bertz CT molecular complexity index is 1460. The number of hydrogen-bond donors (Lipinski definition) is 3. The number of aromatic nitrogens is 1. The first kappa shape index (κ1) is 24.1. The molecule has 180 valence electrons. The van der Waals surface area contributed by atoms with E-state index in [1.54, 1.807) is 31.4 Å². The molecule has 0 unspecified atom stereocenters. The standard InChI is InChI=1S/C27H25F2N3O3/c1-27(2,14-35-3)25-24(19-9-4-15(26(33)34)10-21(19)29)20-12-22(31)16(13-30)11-23(20)32(25)18-7-5-17(28)6-8-18/h4-13,30H,14,31H2,1-3H3,(H,33,34). The Morgan fingerprint density at radius 3 is 2.40 bits per heavy atom. The molecule has 0 fully saturated rings. The number of halogens is 2. The van der Waals surface area contributed by atoms with Gasteiger partial charge in [0.25, 0.3) is 0 Å². The van der Waals surface area contributed by atoms with E-state index in [1.165, 1.54) is 24.3 Å². The average molecular weight is 478 g/mol. The van der Waals surface area contributed by atoms with Crippen LogP contribution in [0.4, 0.5) is 14.5 Å². The fraction of sp³-hybridized carbons (Fsp3) is 0.185. The first-order valence-corrected chi connectivity index (χ1v) is 10.9. The van der Waals surface area contributed by atoms with Crippen LogP contribution in [0.25, 0.3) is 27.7 Å². The van der Waals surface area contributed by atoms with Crippen molar-refractivity contribution in [2.45, 2.75) is 19.3 Å². The lowest BCUT2D eigenvalue weighted by Crippen LogP contribution is -2.27. The molecular weight excluding hydrogens is 452 g/mol. The van der Waals surface area contributed by atoms with Crippen LogP contribution in [0.2, 0.25) is 0 Å². The van der Waals surface area contributed by atoms with Crippen LogP contribution in [0.3, 0.4) is 0 Å². The summed E-state index contributed by atoms with van der Waals surface area (Å²) < 4.78 is 36.7. The molecule has 4 rings (SSSR count). The number of nitrogens with zero attached hydrogens (tertiary/aromatic N) is 1.